The fourth-order valence-corrected chi connectivity index (χ4v) is 3.44. The zero-order chi connectivity index (χ0) is 16.7. The van der Waals surface area contributed by atoms with Crippen molar-refractivity contribution in [3.63, 3.8) is 0 Å². The summed E-state index contributed by atoms with van der Waals surface area (Å²) in [6.07, 6.45) is 3.35. The van der Waals surface area contributed by atoms with Gasteiger partial charge in [-0.2, -0.15) is 0 Å². The molecule has 8 heteroatoms. The van der Waals surface area contributed by atoms with Crippen molar-refractivity contribution in [3.8, 4) is 0 Å². The van der Waals surface area contributed by atoms with E-state index in [4.69, 9.17) is 11.6 Å². The summed E-state index contributed by atoms with van der Waals surface area (Å²) >= 11 is 5.92. The summed E-state index contributed by atoms with van der Waals surface area (Å²) in [6, 6.07) is 9.47. The number of halogens is 1. The molecule has 2 aromatic rings. The molecule has 0 saturated heterocycles. The molecule has 23 heavy (non-hydrogen) atoms. The fraction of sp³-hybridized carbons (Fsp3) is 0.333. The van der Waals surface area contributed by atoms with Gasteiger partial charge in [0.1, 0.15) is 10.7 Å². The van der Waals surface area contributed by atoms with E-state index in [0.717, 1.165) is 25.8 Å². The molecule has 0 spiro atoms. The highest BCUT2D eigenvalue weighted by atomic mass is 35.5. The van der Waals surface area contributed by atoms with E-state index in [1.807, 2.05) is 0 Å². The SMILES string of the molecule is CCCCCNc1ccc(NS(=O)(=O)c2ccccc2Cl)nn1. The Morgan fingerprint density at radius 3 is 2.39 bits per heavy atom. The molecule has 124 valence electrons. The van der Waals surface area contributed by atoms with E-state index < -0.39 is 10.0 Å². The van der Waals surface area contributed by atoms with E-state index in [2.05, 4.69) is 27.2 Å². The molecule has 2 rings (SSSR count). The number of aromatic nitrogens is 2. The Morgan fingerprint density at radius 1 is 1.04 bits per heavy atom. The minimum absolute atomic E-state index is 0.00485. The van der Waals surface area contributed by atoms with E-state index in [1.54, 1.807) is 24.3 Å². The van der Waals surface area contributed by atoms with Gasteiger partial charge in [-0.15, -0.1) is 10.2 Å². The minimum Gasteiger partial charge on any atom is -0.369 e. The van der Waals surface area contributed by atoms with E-state index in [1.165, 1.54) is 12.1 Å². The van der Waals surface area contributed by atoms with Crippen LogP contribution in [0.25, 0.3) is 0 Å². The Kier molecular flexibility index (Phi) is 6.18. The highest BCUT2D eigenvalue weighted by Crippen LogP contribution is 2.22. The number of hydrogen-bond donors (Lipinski definition) is 2. The highest BCUT2D eigenvalue weighted by Gasteiger charge is 2.18. The predicted octanol–water partition coefficient (Wildman–Crippen LogP) is 3.53. The zero-order valence-corrected chi connectivity index (χ0v) is 14.4. The number of sulfonamides is 1. The number of nitrogens with zero attached hydrogens (tertiary/aromatic N) is 2. The molecule has 1 heterocycles. The van der Waals surface area contributed by atoms with Crippen LogP contribution in [-0.2, 0) is 10.0 Å². The van der Waals surface area contributed by atoms with Gasteiger partial charge >= 0.3 is 0 Å². The van der Waals surface area contributed by atoms with Crippen LogP contribution in [0.2, 0.25) is 5.02 Å². The molecule has 0 saturated carbocycles. The van der Waals surface area contributed by atoms with Crippen molar-refractivity contribution in [2.45, 2.75) is 31.1 Å². The van der Waals surface area contributed by atoms with E-state index >= 15 is 0 Å². The van der Waals surface area contributed by atoms with Gasteiger partial charge in [-0.05, 0) is 30.7 Å². The monoisotopic (exact) mass is 354 g/mol. The molecular formula is C15H19ClN4O2S. The summed E-state index contributed by atoms with van der Waals surface area (Å²) < 4.78 is 26.9. The van der Waals surface area contributed by atoms with Crippen LogP contribution in [0.3, 0.4) is 0 Å². The zero-order valence-electron chi connectivity index (χ0n) is 12.8. The van der Waals surface area contributed by atoms with Crippen LogP contribution in [0.5, 0.6) is 0 Å². The largest absolute Gasteiger partial charge is 0.369 e. The predicted molar refractivity (Wildman–Crippen MR) is 92.3 cm³/mol. The molecule has 6 nitrogen and oxygen atoms in total. The minimum atomic E-state index is -3.79. The number of nitrogens with one attached hydrogen (secondary N) is 2. The first-order valence-electron chi connectivity index (χ1n) is 7.38. The van der Waals surface area contributed by atoms with Crippen molar-refractivity contribution < 1.29 is 8.42 Å². The van der Waals surface area contributed by atoms with Gasteiger partial charge in [-0.1, -0.05) is 43.5 Å². The Balaban J connectivity index is 2.02. The lowest BCUT2D eigenvalue weighted by Crippen LogP contribution is -2.15. The van der Waals surface area contributed by atoms with Gasteiger partial charge in [-0.25, -0.2) is 8.42 Å². The maximum Gasteiger partial charge on any atom is 0.264 e. The Bertz CT molecular complexity index is 735. The molecule has 0 amide bonds. The van der Waals surface area contributed by atoms with Gasteiger partial charge in [0.05, 0.1) is 5.02 Å². The van der Waals surface area contributed by atoms with E-state index in [-0.39, 0.29) is 15.7 Å². The number of unbranched alkanes of at least 4 members (excludes halogenated alkanes) is 2. The van der Waals surface area contributed by atoms with Crippen LogP contribution >= 0.6 is 11.6 Å². The van der Waals surface area contributed by atoms with Crippen molar-refractivity contribution in [1.82, 2.24) is 10.2 Å². The summed E-state index contributed by atoms with van der Waals surface area (Å²) in [5, 5.41) is 11.1. The third-order valence-corrected chi connectivity index (χ3v) is 4.97. The maximum absolute atomic E-state index is 12.3. The fourth-order valence-electron chi connectivity index (χ4n) is 1.93. The standard InChI is InChI=1S/C15H19ClN4O2S/c1-2-3-6-11-17-14-9-10-15(19-18-14)20-23(21,22)13-8-5-4-7-12(13)16/h4-5,7-10H,2-3,6,11H2,1H3,(H,17,18)(H,19,20). The first-order valence-corrected chi connectivity index (χ1v) is 9.24. The number of anilines is 2. The number of rotatable bonds is 8. The van der Waals surface area contributed by atoms with Crippen molar-refractivity contribution in [2.75, 3.05) is 16.6 Å². The lowest BCUT2D eigenvalue weighted by Gasteiger charge is -2.09. The summed E-state index contributed by atoms with van der Waals surface area (Å²) in [7, 11) is -3.79. The Morgan fingerprint density at radius 2 is 1.74 bits per heavy atom. The smallest absolute Gasteiger partial charge is 0.264 e. The quantitative estimate of drug-likeness (QED) is 0.708. The van der Waals surface area contributed by atoms with Crippen LogP contribution in [0.4, 0.5) is 11.6 Å². The van der Waals surface area contributed by atoms with Gasteiger partial charge in [-0.3, -0.25) is 4.72 Å². The Labute approximate surface area is 141 Å². The molecule has 1 aromatic carbocycles. The number of benzene rings is 1. The summed E-state index contributed by atoms with van der Waals surface area (Å²) in [4.78, 5) is 0.00485. The van der Waals surface area contributed by atoms with E-state index in [0.29, 0.717) is 5.82 Å². The van der Waals surface area contributed by atoms with Crippen LogP contribution in [-0.4, -0.2) is 25.2 Å². The molecule has 2 N–H and O–H groups in total. The Hall–Kier alpha value is -1.86. The molecule has 0 fully saturated rings. The molecule has 0 unspecified atom stereocenters. The maximum atomic E-state index is 12.3. The van der Waals surface area contributed by atoms with Gasteiger partial charge in [0.25, 0.3) is 10.0 Å². The van der Waals surface area contributed by atoms with Crippen LogP contribution in [0.1, 0.15) is 26.2 Å². The van der Waals surface area contributed by atoms with Gasteiger partial charge in [0.2, 0.25) is 0 Å². The van der Waals surface area contributed by atoms with E-state index in [9.17, 15) is 8.42 Å². The van der Waals surface area contributed by atoms with Crippen molar-refractivity contribution in [3.05, 3.63) is 41.4 Å². The first-order chi connectivity index (χ1) is 11.0. The van der Waals surface area contributed by atoms with Crippen molar-refractivity contribution in [1.29, 1.82) is 0 Å². The van der Waals surface area contributed by atoms with Crippen molar-refractivity contribution in [2.24, 2.45) is 0 Å². The number of hydrogen-bond acceptors (Lipinski definition) is 5. The average Bonchev–Trinajstić information content (AvgIpc) is 2.53. The molecule has 0 atom stereocenters. The van der Waals surface area contributed by atoms with Crippen molar-refractivity contribution >= 4 is 33.3 Å². The third-order valence-electron chi connectivity index (χ3n) is 3.12. The molecule has 0 radical (unpaired) electrons. The average molecular weight is 355 g/mol. The summed E-state index contributed by atoms with van der Waals surface area (Å²) in [5.41, 5.74) is 0. The summed E-state index contributed by atoms with van der Waals surface area (Å²) in [6.45, 7) is 2.95. The highest BCUT2D eigenvalue weighted by molar-refractivity contribution is 7.92. The topological polar surface area (TPSA) is 84.0 Å². The second kappa shape index (κ2) is 8.12. The van der Waals surface area contributed by atoms with Crippen LogP contribution in [0.15, 0.2) is 41.3 Å². The second-order valence-electron chi connectivity index (χ2n) is 4.97. The second-order valence-corrected chi connectivity index (χ2v) is 7.03. The molecule has 0 aliphatic carbocycles. The first kappa shape index (κ1) is 17.5. The van der Waals surface area contributed by atoms with Crippen LogP contribution in [0, 0.1) is 0 Å². The normalized spacial score (nSPS) is 11.2. The molecule has 1 aromatic heterocycles. The molecule has 0 aliphatic heterocycles. The van der Waals surface area contributed by atoms with Gasteiger partial charge in [0, 0.05) is 6.54 Å². The summed E-state index contributed by atoms with van der Waals surface area (Å²) in [5.74, 6) is 0.755. The van der Waals surface area contributed by atoms with Gasteiger partial charge in [0.15, 0.2) is 5.82 Å². The lowest BCUT2D eigenvalue weighted by molar-refractivity contribution is 0.601. The third kappa shape index (κ3) is 5.07. The molecule has 0 aliphatic rings. The molecular weight excluding hydrogens is 336 g/mol. The van der Waals surface area contributed by atoms with Crippen LogP contribution < -0.4 is 10.0 Å². The molecule has 0 bridgehead atoms. The lowest BCUT2D eigenvalue weighted by atomic mass is 10.2. The van der Waals surface area contributed by atoms with Gasteiger partial charge < -0.3 is 5.32 Å².